The molecule has 0 spiro atoms. The minimum atomic E-state index is -0.978. The number of aromatic nitrogens is 1. The zero-order chi connectivity index (χ0) is 8.97. The van der Waals surface area contributed by atoms with Crippen LogP contribution in [0.25, 0.3) is 0 Å². The highest BCUT2D eigenvalue weighted by Crippen LogP contribution is 2.10. The molecule has 0 atom stereocenters. The highest BCUT2D eigenvalue weighted by molar-refractivity contribution is 7.14. The Morgan fingerprint density at radius 1 is 1.83 bits per heavy atom. The second kappa shape index (κ2) is 3.85. The number of rotatable bonds is 1. The maximum Gasteiger partial charge on any atom is 0.347 e. The van der Waals surface area contributed by atoms with Crippen molar-refractivity contribution in [3.8, 4) is 11.8 Å². The van der Waals surface area contributed by atoms with Crippen molar-refractivity contribution < 1.29 is 9.90 Å². The van der Waals surface area contributed by atoms with Gasteiger partial charge in [-0.25, -0.2) is 9.78 Å². The Labute approximate surface area is 73.0 Å². The maximum absolute atomic E-state index is 10.4. The molecule has 0 amide bonds. The molecular formula is C7H6N2O2S. The molecule has 5 heteroatoms. The van der Waals surface area contributed by atoms with Crippen molar-refractivity contribution in [2.75, 3.05) is 6.54 Å². The molecule has 0 saturated carbocycles. The zero-order valence-electron chi connectivity index (χ0n) is 6.07. The number of carboxylic acids is 1. The smallest absolute Gasteiger partial charge is 0.347 e. The van der Waals surface area contributed by atoms with E-state index in [0.29, 0.717) is 5.01 Å². The van der Waals surface area contributed by atoms with Gasteiger partial charge in [-0.05, 0) is 5.92 Å². The number of nitrogens with two attached hydrogens (primary N) is 1. The summed E-state index contributed by atoms with van der Waals surface area (Å²) >= 11 is 1.04. The molecule has 62 valence electrons. The Bertz CT molecular complexity index is 348. The lowest BCUT2D eigenvalue weighted by Crippen LogP contribution is -1.92. The third-order valence-corrected chi connectivity index (χ3v) is 1.91. The lowest BCUT2D eigenvalue weighted by molar-refractivity contribution is 0.0702. The monoisotopic (exact) mass is 182 g/mol. The van der Waals surface area contributed by atoms with Crippen LogP contribution in [0.1, 0.15) is 14.7 Å². The molecule has 1 aromatic heterocycles. The molecular weight excluding hydrogens is 176 g/mol. The largest absolute Gasteiger partial charge is 0.477 e. The first-order valence-corrected chi connectivity index (χ1v) is 3.93. The third-order valence-electron chi connectivity index (χ3n) is 1.01. The van der Waals surface area contributed by atoms with Gasteiger partial charge < -0.3 is 10.8 Å². The van der Waals surface area contributed by atoms with Crippen LogP contribution in [-0.2, 0) is 0 Å². The number of hydrogen-bond donors (Lipinski definition) is 2. The quantitative estimate of drug-likeness (QED) is 0.606. The van der Waals surface area contributed by atoms with Crippen LogP contribution in [0.15, 0.2) is 6.20 Å². The van der Waals surface area contributed by atoms with Crippen LogP contribution in [0.5, 0.6) is 0 Å². The number of thiazole rings is 1. The van der Waals surface area contributed by atoms with Gasteiger partial charge in [0.05, 0.1) is 12.7 Å². The van der Waals surface area contributed by atoms with Gasteiger partial charge in [0.2, 0.25) is 0 Å². The molecule has 4 nitrogen and oxygen atoms in total. The van der Waals surface area contributed by atoms with E-state index < -0.39 is 5.97 Å². The molecule has 3 N–H and O–H groups in total. The predicted octanol–water partition coefficient (Wildman–Crippen LogP) is 0.151. The summed E-state index contributed by atoms with van der Waals surface area (Å²) in [6, 6.07) is 0. The summed E-state index contributed by atoms with van der Waals surface area (Å²) in [5, 5.41) is 9.01. The van der Waals surface area contributed by atoms with Crippen molar-refractivity contribution in [2.24, 2.45) is 5.73 Å². The maximum atomic E-state index is 10.4. The minimum absolute atomic E-state index is 0.191. The van der Waals surface area contributed by atoms with Gasteiger partial charge in [-0.3, -0.25) is 0 Å². The molecule has 0 saturated heterocycles. The zero-order valence-corrected chi connectivity index (χ0v) is 6.89. The lowest BCUT2D eigenvalue weighted by Gasteiger charge is -1.78. The SMILES string of the molecule is NCC#Cc1ncc(C(=O)O)s1. The van der Waals surface area contributed by atoms with Gasteiger partial charge in [0.25, 0.3) is 0 Å². The summed E-state index contributed by atoms with van der Waals surface area (Å²) in [6.07, 6.45) is 1.29. The van der Waals surface area contributed by atoms with Crippen LogP contribution < -0.4 is 5.73 Å². The fraction of sp³-hybridized carbons (Fsp3) is 0.143. The van der Waals surface area contributed by atoms with E-state index in [1.54, 1.807) is 0 Å². The molecule has 0 aliphatic carbocycles. The van der Waals surface area contributed by atoms with Crippen LogP contribution in [0, 0.1) is 11.8 Å². The van der Waals surface area contributed by atoms with Crippen LogP contribution in [-0.4, -0.2) is 22.6 Å². The molecule has 0 aliphatic rings. The molecule has 12 heavy (non-hydrogen) atoms. The molecule has 0 radical (unpaired) electrons. The van der Waals surface area contributed by atoms with E-state index in [2.05, 4.69) is 16.8 Å². The lowest BCUT2D eigenvalue weighted by atomic mass is 10.5. The van der Waals surface area contributed by atoms with Gasteiger partial charge in [0.1, 0.15) is 4.88 Å². The molecule has 0 aliphatic heterocycles. The molecule has 1 aromatic rings. The Balaban J connectivity index is 2.84. The Morgan fingerprint density at radius 2 is 2.58 bits per heavy atom. The van der Waals surface area contributed by atoms with E-state index in [0.717, 1.165) is 11.3 Å². The molecule has 1 heterocycles. The predicted molar refractivity (Wildman–Crippen MR) is 45.0 cm³/mol. The Morgan fingerprint density at radius 3 is 3.08 bits per heavy atom. The van der Waals surface area contributed by atoms with E-state index in [1.807, 2.05) is 0 Å². The average Bonchev–Trinajstić information content (AvgIpc) is 2.48. The number of carboxylic acid groups (broad SMARTS) is 1. The minimum Gasteiger partial charge on any atom is -0.477 e. The fourth-order valence-electron chi connectivity index (χ4n) is 0.557. The number of hydrogen-bond acceptors (Lipinski definition) is 4. The highest BCUT2D eigenvalue weighted by atomic mass is 32.1. The highest BCUT2D eigenvalue weighted by Gasteiger charge is 2.05. The van der Waals surface area contributed by atoms with Gasteiger partial charge >= 0.3 is 5.97 Å². The normalized spacial score (nSPS) is 8.75. The van der Waals surface area contributed by atoms with E-state index >= 15 is 0 Å². The standard InChI is InChI=1S/C7H6N2O2S/c8-3-1-2-6-9-4-5(12-6)7(10)11/h4H,3,8H2,(H,10,11). The second-order valence-electron chi connectivity index (χ2n) is 1.84. The number of nitrogens with zero attached hydrogens (tertiary/aromatic N) is 1. The van der Waals surface area contributed by atoms with E-state index in [4.69, 9.17) is 10.8 Å². The summed E-state index contributed by atoms with van der Waals surface area (Å²) in [7, 11) is 0. The molecule has 0 fully saturated rings. The Kier molecular flexibility index (Phi) is 2.80. The first kappa shape index (κ1) is 8.71. The molecule has 0 aromatic carbocycles. The van der Waals surface area contributed by atoms with Gasteiger partial charge in [-0.15, -0.1) is 0 Å². The van der Waals surface area contributed by atoms with Crippen molar-refractivity contribution in [2.45, 2.75) is 0 Å². The summed E-state index contributed by atoms with van der Waals surface area (Å²) in [5.41, 5.74) is 5.13. The average molecular weight is 182 g/mol. The molecule has 1 rings (SSSR count). The van der Waals surface area contributed by atoms with Gasteiger partial charge in [-0.1, -0.05) is 17.3 Å². The summed E-state index contributed by atoms with van der Waals surface area (Å²) in [4.78, 5) is 14.4. The van der Waals surface area contributed by atoms with Crippen molar-refractivity contribution in [1.29, 1.82) is 0 Å². The summed E-state index contributed by atoms with van der Waals surface area (Å²) in [5.74, 6) is 4.26. The fourth-order valence-corrected chi connectivity index (χ4v) is 1.19. The van der Waals surface area contributed by atoms with Gasteiger partial charge in [-0.2, -0.15) is 0 Å². The van der Waals surface area contributed by atoms with Crippen molar-refractivity contribution in [3.05, 3.63) is 16.1 Å². The van der Waals surface area contributed by atoms with Gasteiger partial charge in [0, 0.05) is 0 Å². The summed E-state index contributed by atoms with van der Waals surface area (Å²) in [6.45, 7) is 0.252. The van der Waals surface area contributed by atoms with E-state index in [1.165, 1.54) is 6.20 Å². The van der Waals surface area contributed by atoms with Gasteiger partial charge in [0.15, 0.2) is 5.01 Å². The van der Waals surface area contributed by atoms with Crippen LogP contribution in [0.2, 0.25) is 0 Å². The van der Waals surface area contributed by atoms with Crippen molar-refractivity contribution in [3.63, 3.8) is 0 Å². The summed E-state index contributed by atoms with van der Waals surface area (Å²) < 4.78 is 0. The van der Waals surface area contributed by atoms with E-state index in [-0.39, 0.29) is 11.4 Å². The third kappa shape index (κ3) is 2.05. The van der Waals surface area contributed by atoms with Crippen LogP contribution in [0.4, 0.5) is 0 Å². The molecule has 0 unspecified atom stereocenters. The van der Waals surface area contributed by atoms with Crippen molar-refractivity contribution in [1.82, 2.24) is 4.98 Å². The molecule has 0 bridgehead atoms. The second-order valence-corrected chi connectivity index (χ2v) is 2.87. The Hall–Kier alpha value is -1.38. The van der Waals surface area contributed by atoms with Crippen LogP contribution >= 0.6 is 11.3 Å². The van der Waals surface area contributed by atoms with E-state index in [9.17, 15) is 4.79 Å². The first-order valence-electron chi connectivity index (χ1n) is 3.12. The topological polar surface area (TPSA) is 76.2 Å². The first-order chi connectivity index (χ1) is 5.74. The van der Waals surface area contributed by atoms with Crippen LogP contribution in [0.3, 0.4) is 0 Å². The number of aromatic carboxylic acids is 1. The van der Waals surface area contributed by atoms with Crippen molar-refractivity contribution >= 4 is 17.3 Å². The number of carbonyl (C=O) groups is 1.